The van der Waals surface area contributed by atoms with Gasteiger partial charge < -0.3 is 5.73 Å². The maximum Gasteiger partial charge on any atom is 0.156 e. The SMILES string of the molecule is CCC(C)(N)C(=O)Cc1c(F)cccc1F. The topological polar surface area (TPSA) is 43.1 Å². The predicted molar refractivity (Wildman–Crippen MR) is 58.0 cm³/mol. The van der Waals surface area contributed by atoms with Gasteiger partial charge in [-0.15, -0.1) is 0 Å². The van der Waals surface area contributed by atoms with Crippen LogP contribution in [0.1, 0.15) is 25.8 Å². The Kier molecular flexibility index (Phi) is 3.75. The van der Waals surface area contributed by atoms with Crippen LogP contribution in [0.15, 0.2) is 18.2 Å². The molecule has 0 saturated carbocycles. The molecule has 0 aliphatic carbocycles. The van der Waals surface area contributed by atoms with Gasteiger partial charge in [-0.05, 0) is 25.5 Å². The zero-order valence-corrected chi connectivity index (χ0v) is 9.39. The molecule has 1 unspecified atom stereocenters. The van der Waals surface area contributed by atoms with Crippen LogP contribution in [-0.2, 0) is 11.2 Å². The Morgan fingerprint density at radius 3 is 2.31 bits per heavy atom. The molecule has 1 rings (SSSR count). The van der Waals surface area contributed by atoms with Gasteiger partial charge in [0.15, 0.2) is 5.78 Å². The second kappa shape index (κ2) is 4.70. The number of rotatable bonds is 4. The first-order valence-corrected chi connectivity index (χ1v) is 5.13. The van der Waals surface area contributed by atoms with Crippen LogP contribution in [0.25, 0.3) is 0 Å². The molecule has 1 aromatic rings. The first kappa shape index (κ1) is 12.8. The Morgan fingerprint density at radius 2 is 1.88 bits per heavy atom. The summed E-state index contributed by atoms with van der Waals surface area (Å²) in [6, 6.07) is 3.52. The normalized spacial score (nSPS) is 14.6. The molecule has 2 N–H and O–H groups in total. The van der Waals surface area contributed by atoms with Crippen LogP contribution in [0.4, 0.5) is 8.78 Å². The summed E-state index contributed by atoms with van der Waals surface area (Å²) in [5.41, 5.74) is 4.47. The van der Waals surface area contributed by atoms with Crippen LogP contribution in [0, 0.1) is 11.6 Å². The van der Waals surface area contributed by atoms with E-state index in [1.54, 1.807) is 13.8 Å². The molecule has 0 amide bonds. The molecule has 0 saturated heterocycles. The fourth-order valence-electron chi connectivity index (χ4n) is 1.26. The second-order valence-corrected chi connectivity index (χ2v) is 4.07. The van der Waals surface area contributed by atoms with E-state index >= 15 is 0 Å². The highest BCUT2D eigenvalue weighted by Crippen LogP contribution is 2.16. The lowest BCUT2D eigenvalue weighted by Gasteiger charge is -2.21. The monoisotopic (exact) mass is 227 g/mol. The average molecular weight is 227 g/mol. The number of benzene rings is 1. The van der Waals surface area contributed by atoms with Crippen molar-refractivity contribution in [3.05, 3.63) is 35.4 Å². The Labute approximate surface area is 93.5 Å². The molecular weight excluding hydrogens is 212 g/mol. The summed E-state index contributed by atoms with van der Waals surface area (Å²) in [7, 11) is 0. The number of carbonyl (C=O) groups is 1. The third-order valence-corrected chi connectivity index (χ3v) is 2.77. The minimum absolute atomic E-state index is 0.211. The van der Waals surface area contributed by atoms with Crippen LogP contribution < -0.4 is 5.73 Å². The van der Waals surface area contributed by atoms with Gasteiger partial charge in [0.2, 0.25) is 0 Å². The molecule has 4 heteroatoms. The molecular formula is C12H15F2NO. The molecule has 1 aromatic carbocycles. The van der Waals surface area contributed by atoms with E-state index in [-0.39, 0.29) is 17.8 Å². The lowest BCUT2D eigenvalue weighted by molar-refractivity contribution is -0.123. The summed E-state index contributed by atoms with van der Waals surface area (Å²) >= 11 is 0. The quantitative estimate of drug-likeness (QED) is 0.856. The minimum Gasteiger partial charge on any atom is -0.319 e. The predicted octanol–water partition coefficient (Wildman–Crippen LogP) is 2.20. The molecule has 0 aromatic heterocycles. The van der Waals surface area contributed by atoms with E-state index in [9.17, 15) is 13.6 Å². The molecule has 2 nitrogen and oxygen atoms in total. The number of Topliss-reactive ketones (excluding diaryl/α,β-unsaturated/α-hetero) is 1. The molecule has 88 valence electrons. The summed E-state index contributed by atoms with van der Waals surface area (Å²) < 4.78 is 26.5. The number of hydrogen-bond donors (Lipinski definition) is 1. The molecule has 0 spiro atoms. The van der Waals surface area contributed by atoms with Gasteiger partial charge in [0.1, 0.15) is 11.6 Å². The zero-order chi connectivity index (χ0) is 12.3. The first-order chi connectivity index (χ1) is 7.38. The van der Waals surface area contributed by atoms with Crippen LogP contribution in [0.2, 0.25) is 0 Å². The van der Waals surface area contributed by atoms with Crippen molar-refractivity contribution >= 4 is 5.78 Å². The Morgan fingerprint density at radius 1 is 1.38 bits per heavy atom. The Hall–Kier alpha value is -1.29. The number of nitrogens with two attached hydrogens (primary N) is 1. The Bertz CT molecular complexity index is 382. The second-order valence-electron chi connectivity index (χ2n) is 4.07. The number of halogens is 2. The maximum absolute atomic E-state index is 13.3. The number of carbonyl (C=O) groups excluding carboxylic acids is 1. The van der Waals surface area contributed by atoms with Crippen molar-refractivity contribution in [1.82, 2.24) is 0 Å². The van der Waals surface area contributed by atoms with Crippen molar-refractivity contribution in [3.63, 3.8) is 0 Å². The van der Waals surface area contributed by atoms with Gasteiger partial charge in [-0.3, -0.25) is 4.79 Å². The maximum atomic E-state index is 13.3. The van der Waals surface area contributed by atoms with Crippen molar-refractivity contribution in [2.24, 2.45) is 5.73 Å². The fourth-order valence-corrected chi connectivity index (χ4v) is 1.26. The average Bonchev–Trinajstić information content (AvgIpc) is 2.23. The van der Waals surface area contributed by atoms with Crippen molar-refractivity contribution in [2.75, 3.05) is 0 Å². The lowest BCUT2D eigenvalue weighted by Crippen LogP contribution is -2.45. The number of hydrogen-bond acceptors (Lipinski definition) is 2. The highest BCUT2D eigenvalue weighted by Gasteiger charge is 2.27. The summed E-state index contributed by atoms with van der Waals surface area (Å²) in [4.78, 5) is 11.7. The fraction of sp³-hybridized carbons (Fsp3) is 0.417. The van der Waals surface area contributed by atoms with E-state index in [0.717, 1.165) is 12.1 Å². The molecule has 16 heavy (non-hydrogen) atoms. The van der Waals surface area contributed by atoms with Gasteiger partial charge in [0.05, 0.1) is 5.54 Å². The Balaban J connectivity index is 2.94. The summed E-state index contributed by atoms with van der Waals surface area (Å²) in [6.45, 7) is 3.32. The number of ketones is 1. The largest absolute Gasteiger partial charge is 0.319 e. The minimum atomic E-state index is -1.03. The van der Waals surface area contributed by atoms with Gasteiger partial charge in [-0.1, -0.05) is 13.0 Å². The van der Waals surface area contributed by atoms with Gasteiger partial charge in [0.25, 0.3) is 0 Å². The smallest absolute Gasteiger partial charge is 0.156 e. The van der Waals surface area contributed by atoms with Crippen LogP contribution in [0.5, 0.6) is 0 Å². The summed E-state index contributed by atoms with van der Waals surface area (Å²) in [6.07, 6.45) is 0.126. The molecule has 0 aliphatic rings. The van der Waals surface area contributed by atoms with Gasteiger partial charge >= 0.3 is 0 Å². The van der Waals surface area contributed by atoms with E-state index < -0.39 is 17.2 Å². The first-order valence-electron chi connectivity index (χ1n) is 5.13. The van der Waals surface area contributed by atoms with E-state index in [2.05, 4.69) is 0 Å². The van der Waals surface area contributed by atoms with Crippen molar-refractivity contribution in [3.8, 4) is 0 Å². The highest BCUT2D eigenvalue weighted by molar-refractivity contribution is 5.89. The van der Waals surface area contributed by atoms with E-state index in [1.165, 1.54) is 6.07 Å². The van der Waals surface area contributed by atoms with Crippen molar-refractivity contribution in [2.45, 2.75) is 32.2 Å². The lowest BCUT2D eigenvalue weighted by atomic mass is 9.90. The van der Waals surface area contributed by atoms with Crippen LogP contribution >= 0.6 is 0 Å². The molecule has 0 aliphatic heterocycles. The molecule has 0 bridgehead atoms. The van der Waals surface area contributed by atoms with Gasteiger partial charge in [-0.25, -0.2) is 8.78 Å². The standard InChI is InChI=1S/C12H15F2NO/c1-3-12(2,15)11(16)7-8-9(13)5-4-6-10(8)14/h4-6H,3,7,15H2,1-2H3. The van der Waals surface area contributed by atoms with Gasteiger partial charge in [0, 0.05) is 12.0 Å². The third kappa shape index (κ3) is 2.64. The zero-order valence-electron chi connectivity index (χ0n) is 9.39. The molecule has 0 radical (unpaired) electrons. The van der Waals surface area contributed by atoms with Crippen molar-refractivity contribution < 1.29 is 13.6 Å². The van der Waals surface area contributed by atoms with Crippen LogP contribution in [0.3, 0.4) is 0 Å². The third-order valence-electron chi connectivity index (χ3n) is 2.77. The van der Waals surface area contributed by atoms with Gasteiger partial charge in [-0.2, -0.15) is 0 Å². The highest BCUT2D eigenvalue weighted by atomic mass is 19.1. The van der Waals surface area contributed by atoms with E-state index in [0.29, 0.717) is 6.42 Å². The summed E-state index contributed by atoms with van der Waals surface area (Å²) in [5, 5.41) is 0. The molecule has 0 fully saturated rings. The van der Waals surface area contributed by atoms with E-state index in [1.807, 2.05) is 0 Å². The summed E-state index contributed by atoms with van der Waals surface area (Å²) in [5.74, 6) is -1.78. The molecule has 1 atom stereocenters. The van der Waals surface area contributed by atoms with E-state index in [4.69, 9.17) is 5.73 Å². The van der Waals surface area contributed by atoms with Crippen LogP contribution in [-0.4, -0.2) is 11.3 Å². The molecule has 0 heterocycles. The van der Waals surface area contributed by atoms with Crippen molar-refractivity contribution in [1.29, 1.82) is 0 Å².